The van der Waals surface area contributed by atoms with Crippen LogP contribution in [0.25, 0.3) is 22.3 Å². The molecule has 0 aliphatic rings. The zero-order chi connectivity index (χ0) is 20.1. The second-order valence-corrected chi connectivity index (χ2v) is 7.08. The van der Waals surface area contributed by atoms with Crippen LogP contribution in [0.15, 0.2) is 66.5 Å². The molecule has 0 fully saturated rings. The van der Waals surface area contributed by atoms with Crippen molar-refractivity contribution in [2.75, 3.05) is 11.9 Å². The number of fused-ring (bicyclic) bond motifs is 1. The predicted molar refractivity (Wildman–Crippen MR) is 119 cm³/mol. The number of para-hydroxylation sites is 1. The summed E-state index contributed by atoms with van der Waals surface area (Å²) < 4.78 is 0. The smallest absolute Gasteiger partial charge is 0.162 e. The highest BCUT2D eigenvalue weighted by Gasteiger charge is 2.13. The van der Waals surface area contributed by atoms with Gasteiger partial charge < -0.3 is 10.6 Å². The third-order valence-corrected chi connectivity index (χ3v) is 4.63. The van der Waals surface area contributed by atoms with Crippen LogP contribution in [0.1, 0.15) is 31.4 Å². The van der Waals surface area contributed by atoms with Gasteiger partial charge in [-0.1, -0.05) is 43.8 Å². The van der Waals surface area contributed by atoms with Crippen LogP contribution in [-0.4, -0.2) is 16.5 Å². The lowest BCUT2D eigenvalue weighted by molar-refractivity contribution is 0.769. The van der Waals surface area contributed by atoms with E-state index in [1.807, 2.05) is 37.3 Å². The van der Waals surface area contributed by atoms with Crippen LogP contribution < -0.4 is 10.6 Å². The molecule has 144 valence electrons. The maximum absolute atomic E-state index is 4.87. The van der Waals surface area contributed by atoms with Crippen molar-refractivity contribution in [2.24, 2.45) is 0 Å². The molecule has 0 spiro atoms. The van der Waals surface area contributed by atoms with Crippen LogP contribution in [0.3, 0.4) is 0 Å². The monoisotopic (exact) mass is 372 g/mol. The number of aromatic nitrogens is 2. The van der Waals surface area contributed by atoms with E-state index in [1.165, 1.54) is 11.1 Å². The third-order valence-electron chi connectivity index (χ3n) is 4.63. The first-order valence-electron chi connectivity index (χ1n) is 9.71. The molecule has 3 rings (SSSR count). The van der Waals surface area contributed by atoms with Crippen LogP contribution in [-0.2, 0) is 0 Å². The molecule has 2 aromatic carbocycles. The quantitative estimate of drug-likeness (QED) is 0.519. The summed E-state index contributed by atoms with van der Waals surface area (Å²) >= 11 is 0. The zero-order valence-corrected chi connectivity index (χ0v) is 17.1. The fourth-order valence-electron chi connectivity index (χ4n) is 3.27. The van der Waals surface area contributed by atoms with Gasteiger partial charge in [0.15, 0.2) is 5.82 Å². The lowest BCUT2D eigenvalue weighted by atomic mass is 10.0. The summed E-state index contributed by atoms with van der Waals surface area (Å²) in [6, 6.07) is 14.3. The van der Waals surface area contributed by atoms with Gasteiger partial charge in [-0.15, -0.1) is 0 Å². The minimum absolute atomic E-state index is 0.731. The van der Waals surface area contributed by atoms with Crippen molar-refractivity contribution < 1.29 is 0 Å². The van der Waals surface area contributed by atoms with E-state index >= 15 is 0 Å². The summed E-state index contributed by atoms with van der Waals surface area (Å²) in [5, 5.41) is 7.72. The number of anilines is 1. The van der Waals surface area contributed by atoms with Crippen molar-refractivity contribution in [3.63, 3.8) is 0 Å². The Morgan fingerprint density at radius 2 is 1.75 bits per heavy atom. The molecule has 0 saturated carbocycles. The van der Waals surface area contributed by atoms with E-state index in [0.717, 1.165) is 52.5 Å². The SMILES string of the molecule is C=C(/C=C(/C)NCCC)Nc1nc(-c2c(C)cccc2C)nc2ccccc12. The Morgan fingerprint density at radius 1 is 1.04 bits per heavy atom. The zero-order valence-electron chi connectivity index (χ0n) is 17.1. The normalized spacial score (nSPS) is 11.5. The summed E-state index contributed by atoms with van der Waals surface area (Å²) in [6.07, 6.45) is 3.09. The lowest BCUT2D eigenvalue weighted by Gasteiger charge is -2.14. The molecule has 0 saturated heterocycles. The van der Waals surface area contributed by atoms with Crippen molar-refractivity contribution in [1.29, 1.82) is 0 Å². The first-order chi connectivity index (χ1) is 13.5. The van der Waals surface area contributed by atoms with Crippen LogP contribution in [0, 0.1) is 13.8 Å². The molecule has 0 aliphatic carbocycles. The Morgan fingerprint density at radius 3 is 2.46 bits per heavy atom. The Labute approximate surface area is 167 Å². The molecule has 4 heteroatoms. The molecule has 0 unspecified atom stereocenters. The number of allylic oxidation sites excluding steroid dienone is 2. The van der Waals surface area contributed by atoms with Crippen molar-refractivity contribution in [3.8, 4) is 11.4 Å². The lowest BCUT2D eigenvalue weighted by Crippen LogP contribution is -2.12. The summed E-state index contributed by atoms with van der Waals surface area (Å²) in [5.41, 5.74) is 6.19. The van der Waals surface area contributed by atoms with Crippen molar-refractivity contribution in [2.45, 2.75) is 34.1 Å². The number of hydrogen-bond acceptors (Lipinski definition) is 4. The molecule has 0 bridgehead atoms. The second kappa shape index (κ2) is 8.70. The number of aryl methyl sites for hydroxylation is 2. The van der Waals surface area contributed by atoms with Crippen molar-refractivity contribution in [1.82, 2.24) is 15.3 Å². The van der Waals surface area contributed by atoms with E-state index in [0.29, 0.717) is 0 Å². The van der Waals surface area contributed by atoms with Gasteiger partial charge in [-0.3, -0.25) is 0 Å². The molecular weight excluding hydrogens is 344 g/mol. The van der Waals surface area contributed by atoms with Crippen LogP contribution in [0.5, 0.6) is 0 Å². The van der Waals surface area contributed by atoms with E-state index in [1.54, 1.807) is 0 Å². The second-order valence-electron chi connectivity index (χ2n) is 7.08. The first kappa shape index (κ1) is 19.6. The van der Waals surface area contributed by atoms with E-state index < -0.39 is 0 Å². The van der Waals surface area contributed by atoms with Crippen molar-refractivity contribution in [3.05, 3.63) is 77.6 Å². The number of nitrogens with one attached hydrogen (secondary N) is 2. The summed E-state index contributed by atoms with van der Waals surface area (Å²) in [7, 11) is 0. The largest absolute Gasteiger partial charge is 0.389 e. The highest BCUT2D eigenvalue weighted by atomic mass is 15.0. The van der Waals surface area contributed by atoms with E-state index in [4.69, 9.17) is 9.97 Å². The highest BCUT2D eigenvalue weighted by Crippen LogP contribution is 2.29. The highest BCUT2D eigenvalue weighted by molar-refractivity contribution is 5.91. The van der Waals surface area contributed by atoms with Gasteiger partial charge in [0.1, 0.15) is 5.82 Å². The van der Waals surface area contributed by atoms with Gasteiger partial charge in [0.05, 0.1) is 5.52 Å². The number of rotatable bonds is 7. The van der Waals surface area contributed by atoms with Gasteiger partial charge in [-0.2, -0.15) is 0 Å². The van der Waals surface area contributed by atoms with Crippen molar-refractivity contribution >= 4 is 16.7 Å². The predicted octanol–water partition coefficient (Wildman–Crippen LogP) is 5.74. The molecule has 3 aromatic rings. The fraction of sp³-hybridized carbons (Fsp3) is 0.250. The molecule has 0 radical (unpaired) electrons. The fourth-order valence-corrected chi connectivity index (χ4v) is 3.27. The summed E-state index contributed by atoms with van der Waals surface area (Å²) in [4.78, 5) is 9.70. The minimum atomic E-state index is 0.731. The molecule has 1 aromatic heterocycles. The molecule has 0 atom stereocenters. The van der Waals surface area contributed by atoms with Crippen LogP contribution in [0.4, 0.5) is 5.82 Å². The summed E-state index contributed by atoms with van der Waals surface area (Å²) in [6.45, 7) is 13.5. The maximum atomic E-state index is 4.87. The van der Waals surface area contributed by atoms with E-state index in [9.17, 15) is 0 Å². The summed E-state index contributed by atoms with van der Waals surface area (Å²) in [5.74, 6) is 1.50. The number of benzene rings is 2. The first-order valence-corrected chi connectivity index (χ1v) is 9.71. The van der Waals surface area contributed by atoms with Gasteiger partial charge in [-0.05, 0) is 56.5 Å². The molecular formula is C24H28N4. The van der Waals surface area contributed by atoms with Gasteiger partial charge >= 0.3 is 0 Å². The van der Waals surface area contributed by atoms with E-state index in [2.05, 4.69) is 56.2 Å². The average Bonchev–Trinajstić information content (AvgIpc) is 2.66. The molecule has 4 nitrogen and oxygen atoms in total. The average molecular weight is 373 g/mol. The standard InChI is InChI=1S/C24H28N4/c1-6-14-25-18(4)15-19(5)26-23-20-12-7-8-13-21(20)27-24(28-23)22-16(2)10-9-11-17(22)3/h7-13,15,25H,5-6,14H2,1-4H3,(H,26,27,28)/b18-15-. The molecule has 0 aliphatic heterocycles. The molecule has 2 N–H and O–H groups in total. The van der Waals surface area contributed by atoms with Crippen LogP contribution in [0.2, 0.25) is 0 Å². The molecule has 1 heterocycles. The number of nitrogens with zero attached hydrogens (tertiary/aromatic N) is 2. The Kier molecular flexibility index (Phi) is 6.09. The van der Waals surface area contributed by atoms with Gasteiger partial charge in [0, 0.05) is 28.9 Å². The Bertz CT molecular complexity index is 1010. The van der Waals surface area contributed by atoms with E-state index in [-0.39, 0.29) is 0 Å². The minimum Gasteiger partial charge on any atom is -0.389 e. The third kappa shape index (κ3) is 4.39. The maximum Gasteiger partial charge on any atom is 0.162 e. The Balaban J connectivity index is 2.03. The topological polar surface area (TPSA) is 49.8 Å². The van der Waals surface area contributed by atoms with Crippen LogP contribution >= 0.6 is 0 Å². The van der Waals surface area contributed by atoms with Gasteiger partial charge in [0.25, 0.3) is 0 Å². The van der Waals surface area contributed by atoms with Gasteiger partial charge in [0.2, 0.25) is 0 Å². The molecule has 0 amide bonds. The number of hydrogen-bond donors (Lipinski definition) is 2. The Hall–Kier alpha value is -3.14. The molecule has 28 heavy (non-hydrogen) atoms. The van der Waals surface area contributed by atoms with Gasteiger partial charge in [-0.25, -0.2) is 9.97 Å².